The fourth-order valence-corrected chi connectivity index (χ4v) is 4.78. The Labute approximate surface area is 130 Å². The van der Waals surface area contributed by atoms with E-state index in [1.807, 2.05) is 0 Å². The lowest BCUT2D eigenvalue weighted by atomic mass is 9.57. The molecular formula is C20H31N. The Kier molecular flexibility index (Phi) is 5.00. The van der Waals surface area contributed by atoms with E-state index in [0.29, 0.717) is 11.5 Å². The van der Waals surface area contributed by atoms with Crippen molar-refractivity contribution in [2.75, 3.05) is 6.54 Å². The van der Waals surface area contributed by atoms with E-state index in [-0.39, 0.29) is 0 Å². The first kappa shape index (κ1) is 15.1. The molecule has 0 saturated heterocycles. The zero-order valence-corrected chi connectivity index (χ0v) is 13.6. The first-order chi connectivity index (χ1) is 10.4. The van der Waals surface area contributed by atoms with Crippen LogP contribution in [0.2, 0.25) is 0 Å². The van der Waals surface area contributed by atoms with Gasteiger partial charge in [0.25, 0.3) is 0 Å². The SMILES string of the molecule is CCNC(C1CCCCCC1)C1(c2ccccc2)CCC1. The molecule has 0 radical (unpaired) electrons. The predicted molar refractivity (Wildman–Crippen MR) is 90.6 cm³/mol. The van der Waals surface area contributed by atoms with Gasteiger partial charge in [-0.2, -0.15) is 0 Å². The molecule has 0 amide bonds. The molecule has 0 spiro atoms. The van der Waals surface area contributed by atoms with Gasteiger partial charge in [0.15, 0.2) is 0 Å². The summed E-state index contributed by atoms with van der Waals surface area (Å²) >= 11 is 0. The molecular weight excluding hydrogens is 254 g/mol. The van der Waals surface area contributed by atoms with Gasteiger partial charge in [-0.1, -0.05) is 69.4 Å². The smallest absolute Gasteiger partial charge is 0.0192 e. The molecule has 1 nitrogen and oxygen atoms in total. The first-order valence-corrected chi connectivity index (χ1v) is 9.16. The van der Waals surface area contributed by atoms with E-state index in [9.17, 15) is 0 Å². The van der Waals surface area contributed by atoms with E-state index in [1.165, 1.54) is 57.8 Å². The molecule has 1 aromatic carbocycles. The van der Waals surface area contributed by atoms with Crippen LogP contribution in [0, 0.1) is 5.92 Å². The summed E-state index contributed by atoms with van der Waals surface area (Å²) < 4.78 is 0. The normalized spacial score (nSPS) is 24.0. The summed E-state index contributed by atoms with van der Waals surface area (Å²) in [5, 5.41) is 3.92. The second-order valence-corrected chi connectivity index (χ2v) is 7.16. The van der Waals surface area contributed by atoms with E-state index in [2.05, 4.69) is 42.6 Å². The number of benzene rings is 1. The number of hydrogen-bond acceptors (Lipinski definition) is 1. The molecule has 2 aliphatic rings. The minimum atomic E-state index is 0.423. The monoisotopic (exact) mass is 285 g/mol. The molecule has 1 N–H and O–H groups in total. The zero-order chi connectivity index (χ0) is 14.5. The first-order valence-electron chi connectivity index (χ1n) is 9.16. The van der Waals surface area contributed by atoms with Crippen molar-refractivity contribution in [3.8, 4) is 0 Å². The highest BCUT2D eigenvalue weighted by atomic mass is 14.9. The van der Waals surface area contributed by atoms with Crippen LogP contribution in [0.25, 0.3) is 0 Å². The Morgan fingerprint density at radius 1 is 1.00 bits per heavy atom. The van der Waals surface area contributed by atoms with Crippen molar-refractivity contribution in [2.24, 2.45) is 5.92 Å². The van der Waals surface area contributed by atoms with Crippen LogP contribution in [0.15, 0.2) is 30.3 Å². The third-order valence-corrected chi connectivity index (χ3v) is 5.99. The molecule has 1 heteroatoms. The van der Waals surface area contributed by atoms with Crippen LogP contribution >= 0.6 is 0 Å². The summed E-state index contributed by atoms with van der Waals surface area (Å²) in [6, 6.07) is 12.1. The number of likely N-dealkylation sites (N-methyl/N-ethyl adjacent to an activating group) is 1. The molecule has 2 saturated carbocycles. The van der Waals surface area contributed by atoms with Crippen molar-refractivity contribution in [1.82, 2.24) is 5.32 Å². The van der Waals surface area contributed by atoms with E-state index in [0.717, 1.165) is 12.5 Å². The molecule has 2 fully saturated rings. The highest BCUT2D eigenvalue weighted by Crippen LogP contribution is 2.50. The van der Waals surface area contributed by atoms with Crippen LogP contribution in [-0.2, 0) is 5.41 Å². The van der Waals surface area contributed by atoms with E-state index < -0.39 is 0 Å². The zero-order valence-electron chi connectivity index (χ0n) is 13.6. The summed E-state index contributed by atoms with van der Waals surface area (Å²) in [4.78, 5) is 0. The molecule has 1 atom stereocenters. The fourth-order valence-electron chi connectivity index (χ4n) is 4.78. The quantitative estimate of drug-likeness (QED) is 0.746. The van der Waals surface area contributed by atoms with Crippen molar-refractivity contribution in [3.63, 3.8) is 0 Å². The Bertz CT molecular complexity index is 413. The van der Waals surface area contributed by atoms with Crippen LogP contribution in [0.4, 0.5) is 0 Å². The highest BCUT2D eigenvalue weighted by Gasteiger charge is 2.47. The summed E-state index contributed by atoms with van der Waals surface area (Å²) in [5.74, 6) is 0.882. The van der Waals surface area contributed by atoms with Crippen LogP contribution < -0.4 is 5.32 Å². The van der Waals surface area contributed by atoms with Gasteiger partial charge in [0.2, 0.25) is 0 Å². The number of rotatable bonds is 5. The van der Waals surface area contributed by atoms with E-state index in [1.54, 1.807) is 5.56 Å². The lowest BCUT2D eigenvalue weighted by molar-refractivity contribution is 0.117. The summed E-state index contributed by atoms with van der Waals surface area (Å²) in [5.41, 5.74) is 2.01. The molecule has 1 aromatic rings. The van der Waals surface area contributed by atoms with Crippen LogP contribution in [0.5, 0.6) is 0 Å². The molecule has 0 aromatic heterocycles. The van der Waals surface area contributed by atoms with Crippen LogP contribution in [0.1, 0.15) is 70.3 Å². The molecule has 3 rings (SSSR count). The molecule has 0 aliphatic heterocycles. The summed E-state index contributed by atoms with van der Waals surface area (Å²) in [6.07, 6.45) is 12.8. The number of hydrogen-bond donors (Lipinski definition) is 1. The lowest BCUT2D eigenvalue weighted by Gasteiger charge is -2.51. The van der Waals surface area contributed by atoms with E-state index >= 15 is 0 Å². The molecule has 0 bridgehead atoms. The van der Waals surface area contributed by atoms with Crippen LogP contribution in [0.3, 0.4) is 0 Å². The second kappa shape index (κ2) is 6.96. The van der Waals surface area contributed by atoms with Gasteiger partial charge in [-0.15, -0.1) is 0 Å². The van der Waals surface area contributed by atoms with E-state index in [4.69, 9.17) is 0 Å². The Balaban J connectivity index is 1.87. The third-order valence-electron chi connectivity index (χ3n) is 5.99. The molecule has 116 valence electrons. The Morgan fingerprint density at radius 2 is 1.67 bits per heavy atom. The summed E-state index contributed by atoms with van der Waals surface area (Å²) in [7, 11) is 0. The van der Waals surface area contributed by atoms with Gasteiger partial charge in [-0.25, -0.2) is 0 Å². The van der Waals surface area contributed by atoms with Gasteiger partial charge in [0.05, 0.1) is 0 Å². The molecule has 0 heterocycles. The maximum atomic E-state index is 3.92. The second-order valence-electron chi connectivity index (χ2n) is 7.16. The van der Waals surface area contributed by atoms with Gasteiger partial charge in [0, 0.05) is 11.5 Å². The standard InChI is InChI=1S/C20H31N/c1-2-21-19(17-11-6-3-4-7-12-17)20(15-10-16-20)18-13-8-5-9-14-18/h5,8-9,13-14,17,19,21H,2-4,6-7,10-12,15-16H2,1H3. The predicted octanol–water partition coefficient (Wildman–Crippen LogP) is 5.06. The molecule has 1 unspecified atom stereocenters. The molecule has 21 heavy (non-hydrogen) atoms. The van der Waals surface area contributed by atoms with Gasteiger partial charge < -0.3 is 5.32 Å². The van der Waals surface area contributed by atoms with Crippen molar-refractivity contribution in [2.45, 2.75) is 76.2 Å². The third kappa shape index (κ3) is 3.04. The Hall–Kier alpha value is -0.820. The van der Waals surface area contributed by atoms with Crippen LogP contribution in [-0.4, -0.2) is 12.6 Å². The molecule has 2 aliphatic carbocycles. The van der Waals surface area contributed by atoms with Crippen molar-refractivity contribution >= 4 is 0 Å². The maximum absolute atomic E-state index is 3.92. The highest BCUT2D eigenvalue weighted by molar-refractivity contribution is 5.31. The average molecular weight is 285 g/mol. The lowest BCUT2D eigenvalue weighted by Crippen LogP contribution is -2.56. The topological polar surface area (TPSA) is 12.0 Å². The minimum Gasteiger partial charge on any atom is -0.313 e. The fraction of sp³-hybridized carbons (Fsp3) is 0.700. The van der Waals surface area contributed by atoms with Gasteiger partial charge in [-0.3, -0.25) is 0 Å². The van der Waals surface area contributed by atoms with Gasteiger partial charge >= 0.3 is 0 Å². The van der Waals surface area contributed by atoms with Crippen molar-refractivity contribution in [3.05, 3.63) is 35.9 Å². The minimum absolute atomic E-state index is 0.423. The maximum Gasteiger partial charge on any atom is 0.0192 e. The van der Waals surface area contributed by atoms with Gasteiger partial charge in [-0.05, 0) is 43.7 Å². The largest absolute Gasteiger partial charge is 0.313 e. The summed E-state index contributed by atoms with van der Waals surface area (Å²) in [6.45, 7) is 3.39. The van der Waals surface area contributed by atoms with Crippen molar-refractivity contribution < 1.29 is 0 Å². The van der Waals surface area contributed by atoms with Gasteiger partial charge in [0.1, 0.15) is 0 Å². The van der Waals surface area contributed by atoms with Crippen molar-refractivity contribution in [1.29, 1.82) is 0 Å². The number of nitrogens with one attached hydrogen (secondary N) is 1. The average Bonchev–Trinajstić information content (AvgIpc) is 2.75. The Morgan fingerprint density at radius 3 is 2.19 bits per heavy atom.